The van der Waals surface area contributed by atoms with Crippen molar-refractivity contribution >= 4 is 7.32 Å². The third-order valence-corrected chi connectivity index (χ3v) is 0. The Balaban J connectivity index is -0.000000000682. The van der Waals surface area contributed by atoms with Crippen molar-refractivity contribution in [2.24, 2.45) is 0 Å². The van der Waals surface area contributed by atoms with Crippen molar-refractivity contribution in [3.63, 3.8) is 0 Å². The summed E-state index contributed by atoms with van der Waals surface area (Å²) in [5.74, 6) is 0. The van der Waals surface area contributed by atoms with Gasteiger partial charge in [-0.05, 0) is 0 Å². The zero-order chi connectivity index (χ0) is 3.58. The first kappa shape index (κ1) is 168. The molecule has 0 saturated heterocycles. The molecule has 0 aromatic heterocycles. The third-order valence-electron chi connectivity index (χ3n) is 0. The molecule has 0 rings (SSSR count). The average Bonchev–Trinajstić information content (AvgIpc) is 0.811. The van der Waals surface area contributed by atoms with Crippen LogP contribution in [0.4, 0.5) is 0 Å². The molecule has 0 saturated carbocycles. The molecule has 0 atom stereocenters. The fourth-order valence-corrected chi connectivity index (χ4v) is 0. The van der Waals surface area contributed by atoms with E-state index in [2.05, 4.69) is 0 Å². The summed E-state index contributed by atoms with van der Waals surface area (Å²) in [7, 11) is -2.17. The van der Waals surface area contributed by atoms with E-state index in [-0.39, 0.29) is 141 Å². The number of hydrogen-bond donors (Lipinski definition) is 3. The molecule has 16 heteroatoms. The monoisotopic (exact) mass is 218 g/mol. The molecule has 0 aromatic rings. The second-order valence-electron chi connectivity index (χ2n) is 0.346. The fraction of sp³-hybridized carbons (Fsp3) is 0. The van der Waals surface area contributed by atoms with Gasteiger partial charge in [0.1, 0.15) is 0 Å². The number of halogens is 6. The first-order valence-corrected chi connectivity index (χ1v) is 0.775. The molecule has 0 aromatic carbocycles. The van der Waals surface area contributed by atoms with Crippen LogP contribution in [0, 0.1) is 0 Å². The van der Waals surface area contributed by atoms with Gasteiger partial charge >= 0.3 is 120 Å². The van der Waals surface area contributed by atoms with Crippen LogP contribution < -0.4 is 141 Å². The van der Waals surface area contributed by atoms with Crippen LogP contribution in [-0.2, 0) is 0 Å². The van der Waals surface area contributed by atoms with E-state index in [1.165, 1.54) is 0 Å². The van der Waals surface area contributed by atoms with E-state index in [1.54, 1.807) is 0 Å². The third kappa shape index (κ3) is 459. The van der Waals surface area contributed by atoms with E-state index in [1.807, 2.05) is 0 Å². The van der Waals surface area contributed by atoms with Crippen LogP contribution in [0.2, 0.25) is 0 Å². The van der Waals surface area contributed by atoms with E-state index in [0.29, 0.717) is 0 Å². The summed E-state index contributed by atoms with van der Waals surface area (Å²) in [5, 5.41) is 21.5. The summed E-state index contributed by atoms with van der Waals surface area (Å²) in [6.07, 6.45) is 0. The SMILES string of the molecule is OB(O)O.[F-].[F-].[F-].[F-].[F-].[F-].[Li+].[Li+].[Li+].[Li+].[Li+].[Li+]. The predicted molar refractivity (Wildman–Crippen MR) is 12.4 cm³/mol. The van der Waals surface area contributed by atoms with Gasteiger partial charge in [-0.2, -0.15) is 0 Å². The standard InChI is InChI=1S/BH3O3.6FH.6Li/c2-1(3)4;;;;;;;;;;;;/h2-4H;6*1H;;;;;;/q;;;;;;;6*+1/p-6. The molecular formula is H3BF6Li6O3. The van der Waals surface area contributed by atoms with Crippen LogP contribution in [0.5, 0.6) is 0 Å². The Hall–Kier alpha value is 3.11. The molecule has 0 radical (unpaired) electrons. The summed E-state index contributed by atoms with van der Waals surface area (Å²) in [6.45, 7) is 0. The molecule has 72 valence electrons. The van der Waals surface area contributed by atoms with Crippen LogP contribution in [0.3, 0.4) is 0 Å². The normalized spacial score (nSPS) is 1.69. The average molecular weight is 217 g/mol. The molecule has 0 aliphatic rings. The van der Waals surface area contributed by atoms with Crippen molar-refractivity contribution in [3.8, 4) is 0 Å². The molecule has 16 heavy (non-hydrogen) atoms. The molecule has 3 N–H and O–H groups in total. The fourth-order valence-electron chi connectivity index (χ4n) is 0. The van der Waals surface area contributed by atoms with Gasteiger partial charge in [0.2, 0.25) is 0 Å². The summed E-state index contributed by atoms with van der Waals surface area (Å²) < 4.78 is 0. The van der Waals surface area contributed by atoms with E-state index >= 15 is 0 Å². The molecule has 0 aliphatic carbocycles. The molecule has 0 heterocycles. The first-order valence-electron chi connectivity index (χ1n) is 0.775. The molecule has 3 nitrogen and oxygen atoms in total. The van der Waals surface area contributed by atoms with Gasteiger partial charge in [0.25, 0.3) is 0 Å². The second kappa shape index (κ2) is 142. The van der Waals surface area contributed by atoms with Gasteiger partial charge < -0.3 is 43.3 Å². The van der Waals surface area contributed by atoms with Gasteiger partial charge in [-0.15, -0.1) is 0 Å². The summed E-state index contributed by atoms with van der Waals surface area (Å²) in [4.78, 5) is 0. The minimum atomic E-state index is -2.17. The maximum atomic E-state index is 7.17. The Labute approximate surface area is 162 Å². The van der Waals surface area contributed by atoms with Crippen molar-refractivity contribution in [3.05, 3.63) is 0 Å². The molecule has 0 aliphatic heterocycles. The second-order valence-corrected chi connectivity index (χ2v) is 0.346. The summed E-state index contributed by atoms with van der Waals surface area (Å²) in [6, 6.07) is 0. The summed E-state index contributed by atoms with van der Waals surface area (Å²) in [5.41, 5.74) is 0. The van der Waals surface area contributed by atoms with Gasteiger partial charge in [-0.3, -0.25) is 0 Å². The van der Waals surface area contributed by atoms with Gasteiger partial charge in [-0.1, -0.05) is 0 Å². The molecule has 0 bridgehead atoms. The van der Waals surface area contributed by atoms with Gasteiger partial charge in [-0.25, -0.2) is 0 Å². The van der Waals surface area contributed by atoms with Gasteiger partial charge in [0, 0.05) is 0 Å². The minimum absolute atomic E-state index is 0. The van der Waals surface area contributed by atoms with Crippen molar-refractivity contribution in [1.82, 2.24) is 0 Å². The topological polar surface area (TPSA) is 60.7 Å². The van der Waals surface area contributed by atoms with Crippen molar-refractivity contribution < 1.29 is 156 Å². The Kier molecular flexibility index (Phi) is 1490. The van der Waals surface area contributed by atoms with Crippen LogP contribution in [0.15, 0.2) is 0 Å². The Morgan fingerprint density at radius 2 is 0.375 bits per heavy atom. The van der Waals surface area contributed by atoms with E-state index in [4.69, 9.17) is 15.1 Å². The zero-order valence-electron chi connectivity index (χ0n) is 10.2. The van der Waals surface area contributed by atoms with Crippen LogP contribution in [0.25, 0.3) is 0 Å². The Bertz CT molecular complexity index is 33.0. The van der Waals surface area contributed by atoms with E-state index in [9.17, 15) is 0 Å². The minimum Gasteiger partial charge on any atom is -1.00 e. The number of hydrogen-bond acceptors (Lipinski definition) is 3. The predicted octanol–water partition coefficient (Wildman–Crippen LogP) is -38.0. The quantitative estimate of drug-likeness (QED) is 0.279. The van der Waals surface area contributed by atoms with Crippen LogP contribution >= 0.6 is 0 Å². The molecule has 0 spiro atoms. The molecule has 0 fully saturated rings. The van der Waals surface area contributed by atoms with Crippen LogP contribution in [-0.4, -0.2) is 22.4 Å². The maximum Gasteiger partial charge on any atom is 1.00 e. The molecular weight excluding hydrogens is 214 g/mol. The van der Waals surface area contributed by atoms with Crippen molar-refractivity contribution in [1.29, 1.82) is 0 Å². The Morgan fingerprint density at radius 1 is 0.375 bits per heavy atom. The van der Waals surface area contributed by atoms with Crippen molar-refractivity contribution in [2.45, 2.75) is 0 Å². The summed E-state index contributed by atoms with van der Waals surface area (Å²) >= 11 is 0. The van der Waals surface area contributed by atoms with Crippen molar-refractivity contribution in [2.75, 3.05) is 0 Å². The van der Waals surface area contributed by atoms with Gasteiger partial charge in [0.05, 0.1) is 0 Å². The molecule has 0 amide bonds. The Morgan fingerprint density at radius 3 is 0.375 bits per heavy atom. The number of rotatable bonds is 0. The van der Waals surface area contributed by atoms with E-state index < -0.39 is 7.32 Å². The first-order chi connectivity index (χ1) is 1.73. The van der Waals surface area contributed by atoms with E-state index in [0.717, 1.165) is 0 Å². The maximum absolute atomic E-state index is 7.17. The van der Waals surface area contributed by atoms with Gasteiger partial charge in [0.15, 0.2) is 0 Å². The largest absolute Gasteiger partial charge is 1.00 e. The zero-order valence-corrected chi connectivity index (χ0v) is 10.2. The smallest absolute Gasteiger partial charge is 1.00 e. The van der Waals surface area contributed by atoms with Crippen LogP contribution in [0.1, 0.15) is 0 Å². The molecule has 0 unspecified atom stereocenters.